The number of nitriles is 2. The fourth-order valence-corrected chi connectivity index (χ4v) is 10.4. The second-order valence-corrected chi connectivity index (χ2v) is 20.6. The zero-order chi connectivity index (χ0) is 44.1. The Morgan fingerprint density at radius 2 is 0.983 bits per heavy atom. The quantitative estimate of drug-likeness (QED) is 0.0632. The minimum atomic E-state index is -1.63. The first kappa shape index (κ1) is 51.5. The van der Waals surface area contributed by atoms with E-state index in [1.54, 1.807) is 6.92 Å². The maximum absolute atomic E-state index is 14.5. The Bertz CT molecular complexity index is 1340. The van der Waals surface area contributed by atoms with Crippen LogP contribution < -0.4 is 0 Å². The Kier molecular flexibility index (Phi) is 19.3. The van der Waals surface area contributed by atoms with Gasteiger partial charge in [0.2, 0.25) is 0 Å². The third-order valence-corrected chi connectivity index (χ3v) is 12.9. The second kappa shape index (κ2) is 21.7. The Hall–Kier alpha value is -2.64. The van der Waals surface area contributed by atoms with E-state index < -0.39 is 50.6 Å². The normalized spacial score (nSPS) is 22.2. The smallest absolute Gasteiger partial charge is 0.310 e. The molecule has 0 aliphatic carbocycles. The molecule has 0 aromatic rings. The summed E-state index contributed by atoms with van der Waals surface area (Å²) in [5.41, 5.74) is -6.71. The van der Waals surface area contributed by atoms with Crippen LogP contribution >= 0.6 is 0 Å². The first-order chi connectivity index (χ1) is 26.9. The highest BCUT2D eigenvalue weighted by molar-refractivity contribution is 5.76. The summed E-state index contributed by atoms with van der Waals surface area (Å²) in [6, 6.07) is 4.39. The SMILES string of the molecule is CCCCCCCCON1C(C)(C)CC(C(CC(C)(C#N)N=NC(C)(C#N)CCC(=O)O)(C(=O)O)C2CC(C)(C)N(OCCCCCCCC)C(C)(C)C2)CC1(C)C. The van der Waals surface area contributed by atoms with Crippen molar-refractivity contribution in [2.75, 3.05) is 13.2 Å². The molecule has 2 aliphatic heterocycles. The highest BCUT2D eigenvalue weighted by Crippen LogP contribution is 2.59. The second-order valence-electron chi connectivity index (χ2n) is 20.6. The Morgan fingerprint density at radius 1 is 0.638 bits per heavy atom. The van der Waals surface area contributed by atoms with Crippen LogP contribution in [0.2, 0.25) is 0 Å². The maximum atomic E-state index is 14.5. The van der Waals surface area contributed by atoms with Crippen molar-refractivity contribution in [2.45, 2.75) is 238 Å². The van der Waals surface area contributed by atoms with E-state index in [0.717, 1.165) is 25.7 Å². The molecule has 2 N–H and O–H groups in total. The van der Waals surface area contributed by atoms with E-state index in [-0.39, 0.29) is 31.1 Å². The predicted octanol–water partition coefficient (Wildman–Crippen LogP) is 11.5. The summed E-state index contributed by atoms with van der Waals surface area (Å²) in [5.74, 6) is -2.79. The van der Waals surface area contributed by atoms with E-state index in [1.807, 2.05) is 0 Å². The lowest BCUT2D eigenvalue weighted by Gasteiger charge is -2.61. The summed E-state index contributed by atoms with van der Waals surface area (Å²) in [6.07, 6.45) is 15.4. The van der Waals surface area contributed by atoms with Crippen LogP contribution in [0.15, 0.2) is 10.2 Å². The number of hydrogen-bond donors (Lipinski definition) is 2. The topological polar surface area (TPSA) is 172 Å². The van der Waals surface area contributed by atoms with Crippen LogP contribution in [-0.4, -0.2) is 78.7 Å². The van der Waals surface area contributed by atoms with E-state index >= 15 is 0 Å². The van der Waals surface area contributed by atoms with E-state index in [1.165, 1.54) is 58.3 Å². The van der Waals surface area contributed by atoms with Crippen molar-refractivity contribution in [3.8, 4) is 12.1 Å². The number of hydroxylamine groups is 4. The van der Waals surface area contributed by atoms with E-state index in [4.69, 9.17) is 9.68 Å². The Labute approximate surface area is 352 Å². The van der Waals surface area contributed by atoms with Crippen LogP contribution in [-0.2, 0) is 19.3 Å². The van der Waals surface area contributed by atoms with Gasteiger partial charge >= 0.3 is 11.9 Å². The summed E-state index contributed by atoms with van der Waals surface area (Å²) in [5, 5.41) is 55.1. The van der Waals surface area contributed by atoms with Gasteiger partial charge in [-0.2, -0.15) is 30.9 Å². The molecule has 2 atom stereocenters. The molecule has 2 rings (SSSR count). The number of nitrogens with zero attached hydrogens (tertiary/aromatic N) is 6. The molecular formula is C46H82N6O6. The van der Waals surface area contributed by atoms with Crippen molar-refractivity contribution >= 4 is 11.9 Å². The highest BCUT2D eigenvalue weighted by atomic mass is 16.7. The van der Waals surface area contributed by atoms with E-state index in [2.05, 4.69) is 102 Å². The summed E-state index contributed by atoms with van der Waals surface area (Å²) in [7, 11) is 0. The lowest BCUT2D eigenvalue weighted by Crippen LogP contribution is -2.67. The van der Waals surface area contributed by atoms with Crippen LogP contribution in [0.1, 0.15) is 205 Å². The number of aliphatic carboxylic acids is 2. The third-order valence-electron chi connectivity index (χ3n) is 12.9. The van der Waals surface area contributed by atoms with Crippen LogP contribution in [0.25, 0.3) is 0 Å². The molecule has 0 saturated carbocycles. The van der Waals surface area contributed by atoms with Crippen LogP contribution in [0.4, 0.5) is 0 Å². The average Bonchev–Trinajstić information content (AvgIpc) is 3.12. The van der Waals surface area contributed by atoms with Crippen LogP contribution in [0, 0.1) is 39.9 Å². The molecule has 0 spiro atoms. The fraction of sp³-hybridized carbons (Fsp3) is 0.913. The molecule has 2 fully saturated rings. The molecule has 0 bridgehead atoms. The molecule has 2 unspecified atom stereocenters. The molecule has 0 radical (unpaired) electrons. The average molecular weight is 815 g/mol. The van der Waals surface area contributed by atoms with Crippen molar-refractivity contribution in [1.29, 1.82) is 10.5 Å². The summed E-state index contributed by atoms with van der Waals surface area (Å²) in [6.45, 7) is 25.8. The molecule has 58 heavy (non-hydrogen) atoms. The van der Waals surface area contributed by atoms with Gasteiger partial charge < -0.3 is 10.2 Å². The predicted molar refractivity (Wildman–Crippen MR) is 229 cm³/mol. The van der Waals surface area contributed by atoms with Gasteiger partial charge in [0.25, 0.3) is 0 Å². The van der Waals surface area contributed by atoms with Crippen molar-refractivity contribution < 1.29 is 29.5 Å². The zero-order valence-electron chi connectivity index (χ0n) is 38.7. The number of carboxylic acids is 2. The number of azo groups is 1. The lowest BCUT2D eigenvalue weighted by molar-refractivity contribution is -0.307. The van der Waals surface area contributed by atoms with Gasteiger partial charge in [0.05, 0.1) is 30.8 Å². The standard InChI is InChI=1S/C46H82N6O6/c1-13-15-17-19-21-23-27-57-51-40(3,4)29-36(30-41(51,5)6)46(39(55)56,33-45(12,35-48)50-49-44(11,34-47)26-25-38(53)54)37-31-42(7,8)52(43(9,10)32-37)58-28-24-22-20-18-16-14-2/h36-37H,13-33H2,1-12H3,(H,53,54)(H,55,56). The minimum Gasteiger partial charge on any atom is -0.481 e. The number of unbranched alkanes of at least 4 members (excludes halogenated alkanes) is 10. The van der Waals surface area contributed by atoms with Gasteiger partial charge in [0.15, 0.2) is 11.1 Å². The number of rotatable bonds is 26. The number of hydrogen-bond acceptors (Lipinski definition) is 10. The fourth-order valence-electron chi connectivity index (χ4n) is 10.4. The van der Waals surface area contributed by atoms with Gasteiger partial charge in [-0.25, -0.2) is 0 Å². The molecule has 0 aromatic heterocycles. The van der Waals surface area contributed by atoms with Gasteiger partial charge in [-0.05, 0) is 126 Å². The summed E-state index contributed by atoms with van der Waals surface area (Å²) >= 11 is 0. The summed E-state index contributed by atoms with van der Waals surface area (Å²) in [4.78, 5) is 39.1. The molecular weight excluding hydrogens is 733 g/mol. The van der Waals surface area contributed by atoms with Crippen molar-refractivity contribution in [3.05, 3.63) is 0 Å². The maximum Gasteiger partial charge on any atom is 0.310 e. The largest absolute Gasteiger partial charge is 0.481 e. The number of carbonyl (C=O) groups is 2. The Morgan fingerprint density at radius 3 is 1.31 bits per heavy atom. The van der Waals surface area contributed by atoms with Crippen LogP contribution in [0.3, 0.4) is 0 Å². The van der Waals surface area contributed by atoms with Gasteiger partial charge in [-0.3, -0.25) is 19.3 Å². The van der Waals surface area contributed by atoms with Crippen LogP contribution in [0.5, 0.6) is 0 Å². The van der Waals surface area contributed by atoms with Crippen molar-refractivity contribution in [1.82, 2.24) is 10.1 Å². The molecule has 2 heterocycles. The summed E-state index contributed by atoms with van der Waals surface area (Å²) < 4.78 is 0. The van der Waals surface area contributed by atoms with Gasteiger partial charge in [0, 0.05) is 35.0 Å². The highest BCUT2D eigenvalue weighted by Gasteiger charge is 2.64. The molecule has 0 aromatic carbocycles. The van der Waals surface area contributed by atoms with Crippen molar-refractivity contribution in [2.24, 2.45) is 27.5 Å². The van der Waals surface area contributed by atoms with E-state index in [9.17, 15) is 30.3 Å². The van der Waals surface area contributed by atoms with Gasteiger partial charge in [-0.1, -0.05) is 78.1 Å². The van der Waals surface area contributed by atoms with Crippen molar-refractivity contribution in [3.63, 3.8) is 0 Å². The first-order valence-corrected chi connectivity index (χ1v) is 22.5. The minimum absolute atomic E-state index is 0.0902. The number of carboxylic acid groups (broad SMARTS) is 2. The molecule has 2 aliphatic rings. The zero-order valence-corrected chi connectivity index (χ0v) is 38.7. The monoisotopic (exact) mass is 815 g/mol. The Balaban J connectivity index is 2.63. The third kappa shape index (κ3) is 14.0. The molecule has 332 valence electrons. The molecule has 0 amide bonds. The van der Waals surface area contributed by atoms with Gasteiger partial charge in [-0.15, -0.1) is 0 Å². The first-order valence-electron chi connectivity index (χ1n) is 22.5. The molecule has 12 nitrogen and oxygen atoms in total. The number of piperidine rings is 2. The van der Waals surface area contributed by atoms with E-state index in [0.29, 0.717) is 38.9 Å². The molecule has 2 saturated heterocycles. The molecule has 12 heteroatoms. The lowest BCUT2D eigenvalue weighted by atomic mass is 9.51. The van der Waals surface area contributed by atoms with Gasteiger partial charge in [0.1, 0.15) is 0 Å².